The number of carbonyl (C=O) groups excluding carboxylic acids is 1. The Labute approximate surface area is 132 Å². The molecule has 0 N–H and O–H groups in total. The lowest BCUT2D eigenvalue weighted by molar-refractivity contribution is 0.0702. The summed E-state index contributed by atoms with van der Waals surface area (Å²) in [6.07, 6.45) is 2.34. The largest absolute Gasteiger partial charge is 0.493 e. The number of ether oxygens (including phenoxy) is 2. The van der Waals surface area contributed by atoms with E-state index in [9.17, 15) is 4.79 Å². The molecule has 0 aliphatic carbocycles. The van der Waals surface area contributed by atoms with Gasteiger partial charge in [-0.05, 0) is 58.0 Å². The van der Waals surface area contributed by atoms with Gasteiger partial charge in [0.25, 0.3) is 0 Å². The number of Topliss-reactive ketones (excluding diaryl/α,β-unsaturated/α-hetero) is 1. The van der Waals surface area contributed by atoms with Crippen LogP contribution in [0.25, 0.3) is 0 Å². The highest BCUT2D eigenvalue weighted by Gasteiger charge is 2.36. The molecule has 1 saturated heterocycles. The Morgan fingerprint density at radius 2 is 1.67 bits per heavy atom. The van der Waals surface area contributed by atoms with Gasteiger partial charge in [-0.3, -0.25) is 9.69 Å². The molecule has 1 heterocycles. The zero-order chi connectivity index (χ0) is 14.8. The Morgan fingerprint density at radius 1 is 1.10 bits per heavy atom. The third kappa shape index (κ3) is 3.50. The summed E-state index contributed by atoms with van der Waals surface area (Å²) in [5, 5.41) is 0. The molecule has 0 amide bonds. The van der Waals surface area contributed by atoms with Crippen molar-refractivity contribution in [1.82, 2.24) is 4.90 Å². The summed E-state index contributed by atoms with van der Waals surface area (Å²) >= 11 is 0. The first-order chi connectivity index (χ1) is 9.50. The van der Waals surface area contributed by atoms with E-state index >= 15 is 0 Å². The molecule has 0 unspecified atom stereocenters. The molecule has 1 aromatic rings. The molecule has 2 rings (SSSR count). The van der Waals surface area contributed by atoms with Gasteiger partial charge in [0.2, 0.25) is 0 Å². The molecule has 0 bridgehead atoms. The van der Waals surface area contributed by atoms with Gasteiger partial charge in [-0.25, -0.2) is 0 Å². The monoisotopic (exact) mass is 313 g/mol. The maximum Gasteiger partial charge on any atom is 0.182 e. The summed E-state index contributed by atoms with van der Waals surface area (Å²) in [5.41, 5.74) is 0.190. The number of hydrogen-bond acceptors (Lipinski definition) is 4. The first-order valence-electron chi connectivity index (χ1n) is 7.02. The topological polar surface area (TPSA) is 38.8 Å². The van der Waals surface area contributed by atoms with Crippen molar-refractivity contribution < 1.29 is 14.3 Å². The Balaban J connectivity index is 0.00000220. The van der Waals surface area contributed by atoms with E-state index in [1.807, 2.05) is 19.9 Å². The lowest BCUT2D eigenvalue weighted by Gasteiger charge is -2.34. The number of ketones is 1. The van der Waals surface area contributed by atoms with Gasteiger partial charge < -0.3 is 9.47 Å². The average molecular weight is 314 g/mol. The third-order valence-corrected chi connectivity index (χ3v) is 4.10. The molecule has 5 heteroatoms. The van der Waals surface area contributed by atoms with Crippen LogP contribution in [-0.4, -0.2) is 43.5 Å². The van der Waals surface area contributed by atoms with Crippen LogP contribution < -0.4 is 9.47 Å². The number of likely N-dealkylation sites (tertiary alicyclic amines) is 1. The van der Waals surface area contributed by atoms with Crippen molar-refractivity contribution in [3.05, 3.63) is 23.8 Å². The average Bonchev–Trinajstić information content (AvgIpc) is 3.00. The maximum atomic E-state index is 12.8. The van der Waals surface area contributed by atoms with E-state index in [0.717, 1.165) is 13.1 Å². The van der Waals surface area contributed by atoms with Gasteiger partial charge in [-0.1, -0.05) is 0 Å². The predicted octanol–water partition coefficient (Wildman–Crippen LogP) is 3.18. The number of benzene rings is 1. The molecule has 4 nitrogen and oxygen atoms in total. The molecule has 1 aliphatic heterocycles. The summed E-state index contributed by atoms with van der Waals surface area (Å²) < 4.78 is 10.5. The van der Waals surface area contributed by atoms with Crippen molar-refractivity contribution in [2.75, 3.05) is 27.3 Å². The standard InChI is InChI=1S/C16H23NO3.ClH/c1-16(2,17-9-5-6-10-17)15(18)12-7-8-13(19-3)14(11-12)20-4;/h7-8,11H,5-6,9-10H2,1-4H3;1H. The van der Waals surface area contributed by atoms with Crippen LogP contribution in [0.3, 0.4) is 0 Å². The smallest absolute Gasteiger partial charge is 0.182 e. The van der Waals surface area contributed by atoms with E-state index in [2.05, 4.69) is 4.90 Å². The molecule has 0 aromatic heterocycles. The summed E-state index contributed by atoms with van der Waals surface area (Å²) in [4.78, 5) is 15.0. The Morgan fingerprint density at radius 3 is 2.19 bits per heavy atom. The van der Waals surface area contributed by atoms with Crippen molar-refractivity contribution in [3.8, 4) is 11.5 Å². The van der Waals surface area contributed by atoms with E-state index in [4.69, 9.17) is 9.47 Å². The third-order valence-electron chi connectivity index (χ3n) is 4.10. The van der Waals surface area contributed by atoms with Crippen LogP contribution in [0.5, 0.6) is 11.5 Å². The van der Waals surface area contributed by atoms with Gasteiger partial charge in [0.1, 0.15) is 0 Å². The fourth-order valence-corrected chi connectivity index (χ4v) is 2.75. The van der Waals surface area contributed by atoms with E-state index in [-0.39, 0.29) is 18.2 Å². The highest BCUT2D eigenvalue weighted by atomic mass is 35.5. The molecule has 1 aliphatic rings. The van der Waals surface area contributed by atoms with Gasteiger partial charge in [0.05, 0.1) is 19.8 Å². The van der Waals surface area contributed by atoms with Crippen LogP contribution in [0.1, 0.15) is 37.0 Å². The minimum Gasteiger partial charge on any atom is -0.493 e. The fraction of sp³-hybridized carbons (Fsp3) is 0.562. The van der Waals surface area contributed by atoms with Crippen molar-refractivity contribution in [1.29, 1.82) is 0 Å². The van der Waals surface area contributed by atoms with E-state index in [0.29, 0.717) is 17.1 Å². The zero-order valence-corrected chi connectivity index (χ0v) is 14.0. The van der Waals surface area contributed by atoms with Crippen molar-refractivity contribution in [2.24, 2.45) is 0 Å². The first-order valence-corrected chi connectivity index (χ1v) is 7.02. The van der Waals surface area contributed by atoms with E-state index in [1.165, 1.54) is 12.8 Å². The first kappa shape index (κ1) is 17.8. The second-order valence-corrected chi connectivity index (χ2v) is 5.65. The highest BCUT2D eigenvalue weighted by molar-refractivity contribution is 6.03. The number of halogens is 1. The van der Waals surface area contributed by atoms with Crippen molar-refractivity contribution in [3.63, 3.8) is 0 Å². The summed E-state index contributed by atoms with van der Waals surface area (Å²) in [5.74, 6) is 1.36. The lowest BCUT2D eigenvalue weighted by Crippen LogP contribution is -2.48. The van der Waals surface area contributed by atoms with Gasteiger partial charge >= 0.3 is 0 Å². The van der Waals surface area contributed by atoms with Crippen molar-refractivity contribution in [2.45, 2.75) is 32.2 Å². The van der Waals surface area contributed by atoms with E-state index in [1.54, 1.807) is 26.4 Å². The second kappa shape index (κ2) is 7.14. The SMILES string of the molecule is COc1ccc(C(=O)C(C)(C)N2CCCC2)cc1OC.Cl. The van der Waals surface area contributed by atoms with Gasteiger partial charge in [0.15, 0.2) is 17.3 Å². The van der Waals surface area contributed by atoms with Gasteiger partial charge in [-0.2, -0.15) is 0 Å². The molecule has 118 valence electrons. The molecule has 0 radical (unpaired) electrons. The van der Waals surface area contributed by atoms with E-state index < -0.39 is 5.54 Å². The molecular formula is C16H24ClNO3. The summed E-state index contributed by atoms with van der Waals surface area (Å²) in [6.45, 7) is 5.98. The molecule has 0 spiro atoms. The summed E-state index contributed by atoms with van der Waals surface area (Å²) in [7, 11) is 3.17. The number of methoxy groups -OCH3 is 2. The number of rotatable bonds is 5. The highest BCUT2D eigenvalue weighted by Crippen LogP contribution is 2.31. The molecule has 0 atom stereocenters. The minimum absolute atomic E-state index is 0. The molecule has 0 saturated carbocycles. The number of nitrogens with zero attached hydrogens (tertiary/aromatic N) is 1. The fourth-order valence-electron chi connectivity index (χ4n) is 2.75. The minimum atomic E-state index is -0.476. The Hall–Kier alpha value is -1.26. The quantitative estimate of drug-likeness (QED) is 0.783. The van der Waals surface area contributed by atoms with Crippen molar-refractivity contribution >= 4 is 18.2 Å². The van der Waals surface area contributed by atoms with Crippen LogP contribution in [0, 0.1) is 0 Å². The number of carbonyl (C=O) groups is 1. The number of hydrogen-bond donors (Lipinski definition) is 0. The molecule has 1 aromatic carbocycles. The zero-order valence-electron chi connectivity index (χ0n) is 13.1. The van der Waals surface area contributed by atoms with Gasteiger partial charge in [0, 0.05) is 5.56 Å². The van der Waals surface area contributed by atoms with Gasteiger partial charge in [-0.15, -0.1) is 12.4 Å². The van der Waals surface area contributed by atoms with Crippen LogP contribution >= 0.6 is 12.4 Å². The van der Waals surface area contributed by atoms with Crippen LogP contribution in [0.4, 0.5) is 0 Å². The predicted molar refractivity (Wildman–Crippen MR) is 86.0 cm³/mol. The maximum absolute atomic E-state index is 12.8. The molecule has 1 fully saturated rings. The summed E-state index contributed by atoms with van der Waals surface area (Å²) in [6, 6.07) is 5.35. The Bertz CT molecular complexity index is 496. The normalized spacial score (nSPS) is 15.4. The van der Waals surface area contributed by atoms with Crippen LogP contribution in [0.15, 0.2) is 18.2 Å². The molecular weight excluding hydrogens is 290 g/mol. The Kier molecular flexibility index (Phi) is 6.05. The molecule has 21 heavy (non-hydrogen) atoms. The lowest BCUT2D eigenvalue weighted by atomic mass is 9.91. The second-order valence-electron chi connectivity index (χ2n) is 5.65. The van der Waals surface area contributed by atoms with Crippen LogP contribution in [0.2, 0.25) is 0 Å². The van der Waals surface area contributed by atoms with Crippen LogP contribution in [-0.2, 0) is 0 Å².